The fraction of sp³-hybridized carbons (Fsp3) is 0.500. The molecule has 0 saturated carbocycles. The first-order valence-corrected chi connectivity index (χ1v) is 25.9. The fourth-order valence-electron chi connectivity index (χ4n) is 12.4. The number of nitrogens with one attached hydrogen (secondary N) is 1. The summed E-state index contributed by atoms with van der Waals surface area (Å²) in [6, 6.07) is 10.3. The van der Waals surface area contributed by atoms with Crippen molar-refractivity contribution in [1.29, 1.82) is 0 Å². The Labute approximate surface area is 425 Å². The number of β-amino-alcohol motifs (C(OH)–C–C–N with tert-alkyl or cyclic N) is 1. The monoisotopic (exact) mass is 1020 g/mol. The number of ether oxygens (including phenoxy) is 3. The third kappa shape index (κ3) is 9.02. The molecule has 3 N–H and O–H groups in total. The minimum atomic E-state index is -1.01. The summed E-state index contributed by atoms with van der Waals surface area (Å²) >= 11 is 0. The number of rotatable bonds is 12. The van der Waals surface area contributed by atoms with Crippen LogP contribution in [0.2, 0.25) is 0 Å². The highest BCUT2D eigenvalue weighted by atomic mass is 19.1. The zero-order chi connectivity index (χ0) is 51.6. The van der Waals surface area contributed by atoms with E-state index in [9.17, 15) is 29.4 Å². The van der Waals surface area contributed by atoms with Gasteiger partial charge in [-0.2, -0.15) is 9.97 Å². The van der Waals surface area contributed by atoms with Gasteiger partial charge < -0.3 is 34.2 Å². The van der Waals surface area contributed by atoms with Gasteiger partial charge in [-0.05, 0) is 130 Å². The van der Waals surface area contributed by atoms with Crippen molar-refractivity contribution in [2.24, 2.45) is 13.0 Å². The van der Waals surface area contributed by atoms with Crippen LogP contribution in [0, 0.1) is 17.6 Å². The van der Waals surface area contributed by atoms with Gasteiger partial charge in [0, 0.05) is 63.5 Å². The van der Waals surface area contributed by atoms with Gasteiger partial charge in [0.1, 0.15) is 53.6 Å². The number of aryl methyl sites for hydroxylation is 2. The molecule has 0 radical (unpaired) electrons. The van der Waals surface area contributed by atoms with Crippen LogP contribution in [0.3, 0.4) is 0 Å². The van der Waals surface area contributed by atoms with Crippen LogP contribution in [-0.2, 0) is 27.8 Å². The van der Waals surface area contributed by atoms with Gasteiger partial charge in [-0.25, -0.2) is 18.4 Å². The maximum Gasteiger partial charge on any atom is 0.409 e. The smallest absolute Gasteiger partial charge is 0.409 e. The Balaban J connectivity index is 0.740. The van der Waals surface area contributed by atoms with Crippen molar-refractivity contribution >= 4 is 56.4 Å². The van der Waals surface area contributed by atoms with E-state index in [-0.39, 0.29) is 96.3 Å². The molecule has 3 aromatic carbocycles. The molecular formula is C54H61F2N9O9. The van der Waals surface area contributed by atoms with Crippen LogP contribution >= 0.6 is 0 Å². The summed E-state index contributed by atoms with van der Waals surface area (Å²) in [6.45, 7) is 7.08. The number of imidazole rings is 1. The summed E-state index contributed by atoms with van der Waals surface area (Å²) < 4.78 is 54.1. The first-order chi connectivity index (χ1) is 35.6. The number of imide groups is 1. The number of hydrogen-bond donors (Lipinski definition) is 3. The van der Waals surface area contributed by atoms with Gasteiger partial charge in [-0.3, -0.25) is 33.9 Å². The van der Waals surface area contributed by atoms with Crippen LogP contribution in [0.4, 0.5) is 19.4 Å². The molecule has 1 unspecified atom stereocenters. The number of amides is 3. The van der Waals surface area contributed by atoms with Crippen molar-refractivity contribution in [3.63, 3.8) is 0 Å². The number of aromatic hydroxyl groups is 1. The van der Waals surface area contributed by atoms with Crippen LogP contribution < -0.4 is 25.4 Å². The van der Waals surface area contributed by atoms with Gasteiger partial charge in [0.05, 0.1) is 34.2 Å². The SMILES string of the molecule is CCc1c(F)ccc2cc(O)cc(-c3ncc4c(N5CCC[C@@](C)(O)C5)nc(OC[C@]56CCCN5[C@H](COC(=O)N5CCC(COc7ccc8c(c7)n(C)c(=O)n8C7CCC(=O)NC7=O)CC5)CC6)nc4c3F)c12. The number of pyridine rings is 1. The number of halogens is 2. The van der Waals surface area contributed by atoms with Gasteiger partial charge in [0.25, 0.3) is 0 Å². The molecule has 8 heterocycles. The predicted molar refractivity (Wildman–Crippen MR) is 270 cm³/mol. The maximum absolute atomic E-state index is 17.2. The lowest BCUT2D eigenvalue weighted by atomic mass is 9.94. The van der Waals surface area contributed by atoms with Crippen LogP contribution in [0.1, 0.15) is 89.7 Å². The molecule has 11 rings (SSSR count). The van der Waals surface area contributed by atoms with E-state index in [0.717, 1.165) is 45.1 Å². The number of phenols is 1. The molecule has 5 fully saturated rings. The topological polar surface area (TPSA) is 207 Å². The average molecular weight is 1020 g/mol. The number of benzene rings is 3. The van der Waals surface area contributed by atoms with Crippen molar-refractivity contribution < 1.29 is 47.6 Å². The molecular weight excluding hydrogens is 957 g/mol. The summed E-state index contributed by atoms with van der Waals surface area (Å²) in [5, 5.41) is 25.5. The van der Waals surface area contributed by atoms with E-state index < -0.39 is 29.2 Å². The number of carbonyl (C=O) groups is 3. The number of aromatic nitrogens is 5. The lowest BCUT2D eigenvalue weighted by Gasteiger charge is -2.38. The van der Waals surface area contributed by atoms with E-state index in [0.29, 0.717) is 89.8 Å². The highest BCUT2D eigenvalue weighted by Gasteiger charge is 2.50. The van der Waals surface area contributed by atoms with Crippen LogP contribution in [0.15, 0.2) is 53.5 Å². The normalized spacial score (nSPS) is 23.8. The molecule has 5 aliphatic rings. The van der Waals surface area contributed by atoms with Crippen molar-refractivity contribution in [2.75, 3.05) is 57.4 Å². The molecule has 5 saturated heterocycles. The fourth-order valence-corrected chi connectivity index (χ4v) is 12.4. The Kier molecular flexibility index (Phi) is 12.9. The third-order valence-electron chi connectivity index (χ3n) is 16.2. The van der Waals surface area contributed by atoms with E-state index >= 15 is 8.78 Å². The number of hydrogen-bond acceptors (Lipinski definition) is 14. The number of piperidine rings is 3. The highest BCUT2D eigenvalue weighted by Crippen LogP contribution is 2.44. The van der Waals surface area contributed by atoms with E-state index in [1.807, 2.05) is 11.8 Å². The van der Waals surface area contributed by atoms with E-state index in [2.05, 4.69) is 20.2 Å². The largest absolute Gasteiger partial charge is 0.508 e. The second-order valence-electron chi connectivity index (χ2n) is 21.2. The lowest BCUT2D eigenvalue weighted by molar-refractivity contribution is -0.135. The Hall–Kier alpha value is -6.93. The molecule has 4 atom stereocenters. The first-order valence-electron chi connectivity index (χ1n) is 25.9. The predicted octanol–water partition coefficient (Wildman–Crippen LogP) is 6.68. The minimum Gasteiger partial charge on any atom is -0.508 e. The summed E-state index contributed by atoms with van der Waals surface area (Å²) in [6.07, 6.45) is 7.93. The van der Waals surface area contributed by atoms with Gasteiger partial charge in [0.2, 0.25) is 11.8 Å². The molecule has 0 aliphatic carbocycles. The summed E-state index contributed by atoms with van der Waals surface area (Å²) in [5.74, 6) is -1.01. The second-order valence-corrected chi connectivity index (χ2v) is 21.2. The Morgan fingerprint density at radius 3 is 2.51 bits per heavy atom. The van der Waals surface area contributed by atoms with E-state index in [1.54, 1.807) is 43.1 Å². The number of phenolic OH excluding ortho intramolecular Hbond substituents is 1. The average Bonchev–Trinajstić information content (AvgIpc) is 4.04. The van der Waals surface area contributed by atoms with Gasteiger partial charge in [-0.1, -0.05) is 13.0 Å². The lowest BCUT2D eigenvalue weighted by Crippen LogP contribution is -2.48. The molecule has 18 nitrogen and oxygen atoms in total. The van der Waals surface area contributed by atoms with Crippen molar-refractivity contribution in [3.8, 4) is 28.8 Å². The van der Waals surface area contributed by atoms with E-state index in [4.69, 9.17) is 19.2 Å². The van der Waals surface area contributed by atoms with Crippen molar-refractivity contribution in [2.45, 2.75) is 108 Å². The Bertz CT molecular complexity index is 3280. The molecule has 0 bridgehead atoms. The summed E-state index contributed by atoms with van der Waals surface area (Å²) in [5.41, 5.74) is -0.0840. The standard InChI is InChI=1S/C54H61F2N9O9/c1-4-36-39(55)9-7-32-23-34(66)24-37(44(32)36)46-45(56)47-38(26-57-46)48(63-19-5-16-53(2,71)29-63)60-50(59-47)74-30-54-17-6-20-64(54)33(13-18-54)28-73-52(70)62-21-14-31(15-22-62)27-72-35-8-10-40-42(25-35)61(3)51(69)65(40)41-11-12-43(67)58-49(41)68/h7-10,23-26,31,33,41,66,71H,4-6,11-22,27-30H2,1-3H3,(H,58,67,68)/t33-,41?,53+,54+/m0/s1. The zero-order valence-corrected chi connectivity index (χ0v) is 41.9. The summed E-state index contributed by atoms with van der Waals surface area (Å²) in [7, 11) is 1.64. The number of carbonyl (C=O) groups excluding carboxylic acids is 3. The first kappa shape index (κ1) is 49.3. The van der Waals surface area contributed by atoms with Gasteiger partial charge >= 0.3 is 17.8 Å². The van der Waals surface area contributed by atoms with Crippen molar-refractivity contribution in [1.82, 2.24) is 39.2 Å². The molecule has 6 aromatic rings. The molecule has 74 heavy (non-hydrogen) atoms. The van der Waals surface area contributed by atoms with Crippen molar-refractivity contribution in [3.05, 3.63) is 76.3 Å². The number of anilines is 1. The minimum absolute atomic E-state index is 0.0292. The number of aliphatic hydroxyl groups is 1. The molecule has 3 amide bonds. The van der Waals surface area contributed by atoms with Crippen LogP contribution in [0.5, 0.6) is 17.5 Å². The third-order valence-corrected chi connectivity index (χ3v) is 16.2. The number of nitrogens with zero attached hydrogens (tertiary/aromatic N) is 8. The maximum atomic E-state index is 17.2. The van der Waals surface area contributed by atoms with Crippen LogP contribution in [-0.4, -0.2) is 132 Å². The van der Waals surface area contributed by atoms with Gasteiger partial charge in [-0.15, -0.1) is 0 Å². The summed E-state index contributed by atoms with van der Waals surface area (Å²) in [4.78, 5) is 71.2. The number of fused-ring (bicyclic) bond motifs is 4. The molecule has 5 aliphatic heterocycles. The molecule has 390 valence electrons. The number of likely N-dealkylation sites (tertiary alicyclic amines) is 1. The van der Waals surface area contributed by atoms with E-state index in [1.165, 1.54) is 33.5 Å². The quantitative estimate of drug-likeness (QED) is 0.110. The molecule has 3 aromatic heterocycles. The second kappa shape index (κ2) is 19.4. The Morgan fingerprint density at radius 1 is 0.919 bits per heavy atom. The van der Waals surface area contributed by atoms with Gasteiger partial charge in [0.15, 0.2) is 5.82 Å². The molecule has 20 heteroatoms. The highest BCUT2D eigenvalue weighted by molar-refractivity contribution is 6.02. The zero-order valence-electron chi connectivity index (χ0n) is 41.9. The molecule has 0 spiro atoms. The van der Waals surface area contributed by atoms with Crippen LogP contribution in [0.25, 0.3) is 44.0 Å². The Morgan fingerprint density at radius 2 is 1.73 bits per heavy atom.